The molecule has 0 radical (unpaired) electrons. The number of hydrogen-bond acceptors (Lipinski definition) is 5. The average Bonchev–Trinajstić information content (AvgIpc) is 3.38. The van der Waals surface area contributed by atoms with Crippen LogP contribution in [-0.2, 0) is 22.4 Å². The summed E-state index contributed by atoms with van der Waals surface area (Å²) in [7, 11) is 1.70. The molecule has 140 valence electrons. The maximum absolute atomic E-state index is 6.05. The monoisotopic (exact) mass is 357 g/mol. The Morgan fingerprint density at radius 3 is 2.88 bits per heavy atom. The normalized spacial score (nSPS) is 24.3. The number of methoxy groups -OCH3 is 1. The summed E-state index contributed by atoms with van der Waals surface area (Å²) in [6.45, 7) is 4.12. The molecule has 2 saturated heterocycles. The van der Waals surface area contributed by atoms with Gasteiger partial charge < -0.3 is 14.2 Å². The van der Waals surface area contributed by atoms with Crippen LogP contribution in [0.15, 0.2) is 24.3 Å². The third-order valence-corrected chi connectivity index (χ3v) is 5.37. The zero-order chi connectivity index (χ0) is 17.9. The maximum atomic E-state index is 6.05. The molecule has 0 aliphatic carbocycles. The Labute approximate surface area is 154 Å². The summed E-state index contributed by atoms with van der Waals surface area (Å²) in [5.74, 6) is 3.13. The van der Waals surface area contributed by atoms with Crippen LogP contribution in [0.4, 0.5) is 0 Å². The van der Waals surface area contributed by atoms with Crippen LogP contribution in [0.1, 0.15) is 49.3 Å². The fourth-order valence-corrected chi connectivity index (χ4v) is 4.14. The molecule has 0 amide bonds. The highest BCUT2D eigenvalue weighted by Crippen LogP contribution is 2.43. The fraction of sp³-hybridized carbons (Fsp3) is 0.600. The molecule has 2 aliphatic heterocycles. The smallest absolute Gasteiger partial charge is 0.155 e. The van der Waals surface area contributed by atoms with Crippen LogP contribution < -0.4 is 4.74 Å². The van der Waals surface area contributed by atoms with Crippen LogP contribution >= 0.6 is 0 Å². The van der Waals surface area contributed by atoms with Crippen LogP contribution in [0, 0.1) is 0 Å². The fourth-order valence-electron chi connectivity index (χ4n) is 4.14. The van der Waals surface area contributed by atoms with E-state index in [4.69, 9.17) is 24.3 Å². The first-order valence-electron chi connectivity index (χ1n) is 9.57. The largest absolute Gasteiger partial charge is 0.496 e. The second-order valence-electron chi connectivity index (χ2n) is 7.01. The molecule has 2 aromatic rings. The first-order valence-corrected chi connectivity index (χ1v) is 9.57. The second-order valence-corrected chi connectivity index (χ2v) is 7.01. The summed E-state index contributed by atoms with van der Waals surface area (Å²) < 4.78 is 19.1. The minimum absolute atomic E-state index is 0.300. The van der Waals surface area contributed by atoms with Crippen molar-refractivity contribution in [3.8, 4) is 5.75 Å². The lowest BCUT2D eigenvalue weighted by atomic mass is 9.88. The number of rotatable bonds is 8. The van der Waals surface area contributed by atoms with Gasteiger partial charge in [0.25, 0.3) is 0 Å². The van der Waals surface area contributed by atoms with Gasteiger partial charge in [0.15, 0.2) is 5.82 Å². The van der Waals surface area contributed by atoms with Crippen molar-refractivity contribution in [1.29, 1.82) is 0 Å². The lowest BCUT2D eigenvalue weighted by Gasteiger charge is -2.18. The van der Waals surface area contributed by atoms with E-state index in [2.05, 4.69) is 6.07 Å². The quantitative estimate of drug-likeness (QED) is 0.680. The van der Waals surface area contributed by atoms with Gasteiger partial charge in [-0.3, -0.25) is 0 Å². The Morgan fingerprint density at radius 2 is 2.15 bits per heavy atom. The van der Waals surface area contributed by atoms with Crippen molar-refractivity contribution in [3.05, 3.63) is 41.5 Å². The van der Waals surface area contributed by atoms with Crippen molar-refractivity contribution >= 4 is 0 Å². The molecule has 0 saturated carbocycles. The molecule has 0 spiro atoms. The molecular weight excluding hydrogens is 330 g/mol. The van der Waals surface area contributed by atoms with Gasteiger partial charge in [0.05, 0.1) is 32.5 Å². The summed E-state index contributed by atoms with van der Waals surface area (Å²) in [5.41, 5.74) is 1.10. The molecule has 0 N–H and O–H groups in total. The first-order chi connectivity index (χ1) is 12.8. The lowest BCUT2D eigenvalue weighted by Crippen LogP contribution is -2.21. The third-order valence-electron chi connectivity index (χ3n) is 5.37. The molecular formula is C20H27N3O3. The standard InChI is InChI=1S/C20H27N3O3/c1-3-25-11-10-23-20(16-13-15-8-9-18(16)26-15)21-19(22-23)12-14-6-4-5-7-17(14)24-2/h4-7,15-16,18H,3,8-13H2,1-2H3/t15-,16+,18+/m0/s1. The Bertz CT molecular complexity index is 746. The minimum Gasteiger partial charge on any atom is -0.496 e. The van der Waals surface area contributed by atoms with E-state index in [0.717, 1.165) is 49.0 Å². The third kappa shape index (κ3) is 3.48. The number of benzene rings is 1. The molecule has 3 heterocycles. The Hall–Kier alpha value is -1.92. The predicted molar refractivity (Wildman–Crippen MR) is 97.6 cm³/mol. The van der Waals surface area contributed by atoms with Gasteiger partial charge in [-0.15, -0.1) is 0 Å². The molecule has 6 nitrogen and oxygen atoms in total. The van der Waals surface area contributed by atoms with Crippen LogP contribution in [0.3, 0.4) is 0 Å². The van der Waals surface area contributed by atoms with Gasteiger partial charge in [-0.2, -0.15) is 5.10 Å². The molecule has 1 aromatic heterocycles. The van der Waals surface area contributed by atoms with Gasteiger partial charge >= 0.3 is 0 Å². The number of ether oxygens (including phenoxy) is 3. The highest BCUT2D eigenvalue weighted by molar-refractivity contribution is 5.35. The van der Waals surface area contributed by atoms with E-state index in [-0.39, 0.29) is 0 Å². The van der Waals surface area contributed by atoms with Crippen LogP contribution in [0.2, 0.25) is 0 Å². The SMILES string of the molecule is CCOCCn1nc(Cc2ccccc2OC)nc1[C@@H]1C[C@@H]2CC[C@H]1O2. The van der Waals surface area contributed by atoms with Crippen molar-refractivity contribution in [3.63, 3.8) is 0 Å². The van der Waals surface area contributed by atoms with Crippen molar-refractivity contribution in [2.45, 2.75) is 57.3 Å². The molecule has 2 fully saturated rings. The zero-order valence-electron chi connectivity index (χ0n) is 15.6. The molecule has 1 aromatic carbocycles. The summed E-state index contributed by atoms with van der Waals surface area (Å²) in [5, 5.41) is 4.80. The molecule has 6 heteroatoms. The molecule has 2 aliphatic rings. The number of nitrogens with zero attached hydrogens (tertiary/aromatic N) is 3. The highest BCUT2D eigenvalue weighted by Gasteiger charge is 2.43. The van der Waals surface area contributed by atoms with Gasteiger partial charge in [0.1, 0.15) is 11.6 Å². The molecule has 0 unspecified atom stereocenters. The van der Waals surface area contributed by atoms with Crippen LogP contribution in [0.5, 0.6) is 5.75 Å². The summed E-state index contributed by atoms with van der Waals surface area (Å²) in [6, 6.07) is 8.05. The van der Waals surface area contributed by atoms with E-state index in [1.165, 1.54) is 6.42 Å². The average molecular weight is 357 g/mol. The highest BCUT2D eigenvalue weighted by atomic mass is 16.5. The van der Waals surface area contributed by atoms with Gasteiger partial charge in [0.2, 0.25) is 0 Å². The maximum Gasteiger partial charge on any atom is 0.155 e. The second kappa shape index (κ2) is 7.76. The number of fused-ring (bicyclic) bond motifs is 2. The Kier molecular flexibility index (Phi) is 5.22. The van der Waals surface area contributed by atoms with Crippen LogP contribution in [0.25, 0.3) is 0 Å². The molecule has 26 heavy (non-hydrogen) atoms. The zero-order valence-corrected chi connectivity index (χ0v) is 15.6. The number of para-hydroxylation sites is 1. The lowest BCUT2D eigenvalue weighted by molar-refractivity contribution is 0.0987. The Balaban J connectivity index is 1.58. The van der Waals surface area contributed by atoms with Crippen molar-refractivity contribution in [1.82, 2.24) is 14.8 Å². The minimum atomic E-state index is 0.300. The van der Waals surface area contributed by atoms with E-state index in [1.54, 1.807) is 7.11 Å². The molecule has 4 rings (SSSR count). The number of aromatic nitrogens is 3. The van der Waals surface area contributed by atoms with Gasteiger partial charge in [-0.1, -0.05) is 18.2 Å². The van der Waals surface area contributed by atoms with Crippen molar-refractivity contribution in [2.24, 2.45) is 0 Å². The van der Waals surface area contributed by atoms with Crippen LogP contribution in [-0.4, -0.2) is 47.3 Å². The molecule has 3 atom stereocenters. The van der Waals surface area contributed by atoms with E-state index in [9.17, 15) is 0 Å². The van der Waals surface area contributed by atoms with Gasteiger partial charge in [-0.05, 0) is 32.3 Å². The van der Waals surface area contributed by atoms with E-state index < -0.39 is 0 Å². The first kappa shape index (κ1) is 17.5. The topological polar surface area (TPSA) is 58.4 Å². The van der Waals surface area contributed by atoms with Crippen molar-refractivity contribution in [2.75, 3.05) is 20.3 Å². The van der Waals surface area contributed by atoms with E-state index >= 15 is 0 Å². The predicted octanol–water partition coefficient (Wildman–Crippen LogP) is 2.95. The summed E-state index contributed by atoms with van der Waals surface area (Å²) in [6.07, 6.45) is 4.75. The van der Waals surface area contributed by atoms with Gasteiger partial charge in [-0.25, -0.2) is 9.67 Å². The van der Waals surface area contributed by atoms with E-state index in [1.807, 2.05) is 29.8 Å². The molecule has 2 bridgehead atoms. The summed E-state index contributed by atoms with van der Waals surface area (Å²) >= 11 is 0. The van der Waals surface area contributed by atoms with E-state index in [0.29, 0.717) is 31.2 Å². The van der Waals surface area contributed by atoms with Gasteiger partial charge in [0, 0.05) is 24.5 Å². The Morgan fingerprint density at radius 1 is 1.27 bits per heavy atom. The number of hydrogen-bond donors (Lipinski definition) is 0. The summed E-state index contributed by atoms with van der Waals surface area (Å²) in [4.78, 5) is 4.92. The van der Waals surface area contributed by atoms with Crippen molar-refractivity contribution < 1.29 is 14.2 Å².